The highest BCUT2D eigenvalue weighted by molar-refractivity contribution is 7.92. The molecule has 152 valence electrons. The molecule has 0 bridgehead atoms. The van der Waals surface area contributed by atoms with E-state index in [1.807, 2.05) is 41.8 Å². The van der Waals surface area contributed by atoms with Gasteiger partial charge in [-0.2, -0.15) is 0 Å². The summed E-state index contributed by atoms with van der Waals surface area (Å²) in [6.45, 7) is 3.44. The van der Waals surface area contributed by atoms with Gasteiger partial charge in [0.25, 0.3) is 0 Å². The summed E-state index contributed by atoms with van der Waals surface area (Å²) in [7, 11) is -3.39. The SMILES string of the molecule is Cc1cc2ccccc2n1CC(=O)O[C@H](C)C(=O)c1ccc(NS(C)(=O)=O)cc1. The van der Waals surface area contributed by atoms with Gasteiger partial charge in [-0.05, 0) is 55.6 Å². The number of aryl methyl sites for hydroxylation is 1. The van der Waals surface area contributed by atoms with Crippen LogP contribution in [0.3, 0.4) is 0 Å². The van der Waals surface area contributed by atoms with Gasteiger partial charge in [-0.15, -0.1) is 0 Å². The maximum Gasteiger partial charge on any atom is 0.326 e. The summed E-state index contributed by atoms with van der Waals surface area (Å²) in [5, 5.41) is 1.03. The van der Waals surface area contributed by atoms with Crippen molar-refractivity contribution < 1.29 is 22.7 Å². The van der Waals surface area contributed by atoms with Gasteiger partial charge in [0.1, 0.15) is 6.54 Å². The van der Waals surface area contributed by atoms with Crippen LogP contribution >= 0.6 is 0 Å². The molecule has 0 amide bonds. The average Bonchev–Trinajstić information content (AvgIpc) is 2.96. The number of hydrogen-bond donors (Lipinski definition) is 1. The van der Waals surface area contributed by atoms with Crippen molar-refractivity contribution in [1.82, 2.24) is 4.57 Å². The van der Waals surface area contributed by atoms with Crippen LogP contribution < -0.4 is 4.72 Å². The molecule has 1 aromatic heterocycles. The van der Waals surface area contributed by atoms with Crippen molar-refractivity contribution >= 4 is 38.4 Å². The molecule has 7 nitrogen and oxygen atoms in total. The number of ketones is 1. The molecule has 2 aromatic carbocycles. The number of carbonyl (C=O) groups is 2. The fraction of sp³-hybridized carbons (Fsp3) is 0.238. The van der Waals surface area contributed by atoms with E-state index in [4.69, 9.17) is 4.74 Å². The molecule has 8 heteroatoms. The zero-order valence-electron chi connectivity index (χ0n) is 16.4. The standard InChI is InChI=1S/C21H22N2O5S/c1-14-12-17-6-4-5-7-19(17)23(14)13-20(24)28-15(2)21(25)16-8-10-18(11-9-16)22-29(3,26)27/h4-12,15,22H,13H2,1-3H3/t15-/m1/s1. The van der Waals surface area contributed by atoms with Crippen LogP contribution in [-0.2, 0) is 26.1 Å². The third kappa shape index (κ3) is 5.03. The van der Waals surface area contributed by atoms with Crippen LogP contribution in [0.2, 0.25) is 0 Å². The molecule has 1 atom stereocenters. The molecule has 0 aliphatic heterocycles. The minimum absolute atomic E-state index is 0.00812. The fourth-order valence-corrected chi connectivity index (χ4v) is 3.69. The molecule has 3 aromatic rings. The van der Waals surface area contributed by atoms with Crippen LogP contribution in [0.15, 0.2) is 54.6 Å². The number of nitrogens with zero attached hydrogens (tertiary/aromatic N) is 1. The number of aromatic nitrogens is 1. The molecular weight excluding hydrogens is 392 g/mol. The first-order chi connectivity index (χ1) is 13.6. The maximum atomic E-state index is 12.5. The van der Waals surface area contributed by atoms with Crippen LogP contribution in [0.1, 0.15) is 23.0 Å². The normalized spacial score (nSPS) is 12.5. The number of para-hydroxylation sites is 1. The van der Waals surface area contributed by atoms with E-state index in [9.17, 15) is 18.0 Å². The van der Waals surface area contributed by atoms with Crippen molar-refractivity contribution in [3.63, 3.8) is 0 Å². The number of ether oxygens (including phenoxy) is 1. The number of hydrogen-bond acceptors (Lipinski definition) is 5. The summed E-state index contributed by atoms with van der Waals surface area (Å²) < 4.78 is 32.0. The minimum Gasteiger partial charge on any atom is -0.453 e. The summed E-state index contributed by atoms with van der Waals surface area (Å²) in [6, 6.07) is 15.7. The van der Waals surface area contributed by atoms with Crippen molar-refractivity contribution in [2.45, 2.75) is 26.5 Å². The number of rotatable bonds is 7. The number of sulfonamides is 1. The van der Waals surface area contributed by atoms with Crippen molar-refractivity contribution in [2.75, 3.05) is 11.0 Å². The van der Waals surface area contributed by atoms with Crippen LogP contribution in [-0.4, -0.2) is 37.1 Å². The molecule has 29 heavy (non-hydrogen) atoms. The van der Waals surface area contributed by atoms with Crippen LogP contribution in [0.25, 0.3) is 10.9 Å². The van der Waals surface area contributed by atoms with E-state index in [1.54, 1.807) is 0 Å². The Hall–Kier alpha value is -3.13. The zero-order valence-corrected chi connectivity index (χ0v) is 17.2. The van der Waals surface area contributed by atoms with E-state index in [1.165, 1.54) is 31.2 Å². The Balaban J connectivity index is 1.66. The Bertz CT molecular complexity index is 1160. The molecule has 3 rings (SSSR count). The van der Waals surface area contributed by atoms with E-state index in [0.717, 1.165) is 22.9 Å². The Morgan fingerprint density at radius 3 is 2.41 bits per heavy atom. The summed E-state index contributed by atoms with van der Waals surface area (Å²) in [5.41, 5.74) is 2.53. The monoisotopic (exact) mass is 414 g/mol. The van der Waals surface area contributed by atoms with Gasteiger partial charge < -0.3 is 9.30 Å². The van der Waals surface area contributed by atoms with Gasteiger partial charge in [0.2, 0.25) is 15.8 Å². The maximum absolute atomic E-state index is 12.5. The summed E-state index contributed by atoms with van der Waals surface area (Å²) in [4.78, 5) is 24.9. The third-order valence-electron chi connectivity index (χ3n) is 4.46. The number of fused-ring (bicyclic) bond motifs is 1. The number of anilines is 1. The van der Waals surface area contributed by atoms with Crippen molar-refractivity contribution in [3.05, 3.63) is 65.9 Å². The van der Waals surface area contributed by atoms with E-state index in [-0.39, 0.29) is 12.3 Å². The highest BCUT2D eigenvalue weighted by atomic mass is 32.2. The summed E-state index contributed by atoms with van der Waals surface area (Å²) in [6.07, 6.45) is 0.0850. The van der Waals surface area contributed by atoms with Gasteiger partial charge in [0.15, 0.2) is 6.10 Å². The van der Waals surface area contributed by atoms with Crippen LogP contribution in [0, 0.1) is 6.92 Å². The van der Waals surface area contributed by atoms with Crippen molar-refractivity contribution in [2.24, 2.45) is 0 Å². The second-order valence-corrected chi connectivity index (χ2v) is 8.63. The van der Waals surface area contributed by atoms with E-state index in [2.05, 4.69) is 4.72 Å². The minimum atomic E-state index is -3.39. The lowest BCUT2D eigenvalue weighted by Crippen LogP contribution is -2.26. The third-order valence-corrected chi connectivity index (χ3v) is 5.06. The van der Waals surface area contributed by atoms with Crippen LogP contribution in [0.5, 0.6) is 0 Å². The number of benzene rings is 2. The van der Waals surface area contributed by atoms with Gasteiger partial charge >= 0.3 is 5.97 Å². The van der Waals surface area contributed by atoms with Gasteiger partial charge in [-0.3, -0.25) is 14.3 Å². The van der Waals surface area contributed by atoms with Crippen molar-refractivity contribution in [1.29, 1.82) is 0 Å². The second kappa shape index (κ2) is 8.08. The molecule has 0 radical (unpaired) electrons. The van der Waals surface area contributed by atoms with Gasteiger partial charge in [-0.1, -0.05) is 18.2 Å². The molecule has 0 unspecified atom stereocenters. The molecular formula is C21H22N2O5S. The Morgan fingerprint density at radius 1 is 1.10 bits per heavy atom. The highest BCUT2D eigenvalue weighted by Crippen LogP contribution is 2.19. The lowest BCUT2D eigenvalue weighted by atomic mass is 10.1. The molecule has 1 N–H and O–H groups in total. The first-order valence-electron chi connectivity index (χ1n) is 9.00. The Labute approximate surface area is 169 Å². The molecule has 0 fully saturated rings. The lowest BCUT2D eigenvalue weighted by Gasteiger charge is -2.14. The number of esters is 1. The number of Topliss-reactive ketones (excluding diaryl/α,β-unsaturated/α-hetero) is 1. The predicted octanol–water partition coefficient (Wildman–Crippen LogP) is 3.14. The summed E-state index contributed by atoms with van der Waals surface area (Å²) >= 11 is 0. The smallest absolute Gasteiger partial charge is 0.326 e. The zero-order chi connectivity index (χ0) is 21.2. The van der Waals surface area contributed by atoms with E-state index >= 15 is 0 Å². The van der Waals surface area contributed by atoms with Gasteiger partial charge in [0, 0.05) is 22.5 Å². The Kier molecular flexibility index (Phi) is 5.74. The topological polar surface area (TPSA) is 94.5 Å². The molecule has 0 saturated carbocycles. The highest BCUT2D eigenvalue weighted by Gasteiger charge is 2.20. The Morgan fingerprint density at radius 2 is 1.76 bits per heavy atom. The largest absolute Gasteiger partial charge is 0.453 e. The molecule has 0 saturated heterocycles. The molecule has 0 spiro atoms. The molecule has 0 aliphatic rings. The number of nitrogens with one attached hydrogen (secondary N) is 1. The predicted molar refractivity (Wildman–Crippen MR) is 111 cm³/mol. The second-order valence-electron chi connectivity index (χ2n) is 6.88. The summed E-state index contributed by atoms with van der Waals surface area (Å²) in [5.74, 6) is -0.871. The van der Waals surface area contributed by atoms with Gasteiger partial charge in [0.05, 0.1) is 6.26 Å². The molecule has 1 heterocycles. The van der Waals surface area contributed by atoms with E-state index < -0.39 is 22.1 Å². The quantitative estimate of drug-likeness (QED) is 0.473. The first kappa shape index (κ1) is 20.6. The first-order valence-corrected chi connectivity index (χ1v) is 10.9. The fourth-order valence-electron chi connectivity index (χ4n) is 3.13. The van der Waals surface area contributed by atoms with Crippen LogP contribution in [0.4, 0.5) is 5.69 Å². The lowest BCUT2D eigenvalue weighted by molar-refractivity contribution is -0.146. The van der Waals surface area contributed by atoms with Gasteiger partial charge in [-0.25, -0.2) is 8.42 Å². The average molecular weight is 414 g/mol. The number of carbonyl (C=O) groups excluding carboxylic acids is 2. The van der Waals surface area contributed by atoms with E-state index in [0.29, 0.717) is 11.3 Å². The molecule has 0 aliphatic carbocycles. The van der Waals surface area contributed by atoms with Crippen molar-refractivity contribution in [3.8, 4) is 0 Å².